The van der Waals surface area contributed by atoms with Gasteiger partial charge in [-0.15, -0.1) is 0 Å². The topological polar surface area (TPSA) is 101 Å². The van der Waals surface area contributed by atoms with Crippen LogP contribution in [0, 0.1) is 11.7 Å². The van der Waals surface area contributed by atoms with E-state index in [1.54, 1.807) is 43.5 Å². The van der Waals surface area contributed by atoms with Gasteiger partial charge in [-0.05, 0) is 57.4 Å². The fraction of sp³-hybridized carbons (Fsp3) is 0.346. The first kappa shape index (κ1) is 25.6. The lowest BCUT2D eigenvalue weighted by Gasteiger charge is -2.33. The lowest BCUT2D eigenvalue weighted by Crippen LogP contribution is -2.41. The van der Waals surface area contributed by atoms with Crippen molar-refractivity contribution in [2.75, 3.05) is 11.4 Å². The zero-order valence-electron chi connectivity index (χ0n) is 20.6. The van der Waals surface area contributed by atoms with Gasteiger partial charge in [0.1, 0.15) is 17.7 Å². The van der Waals surface area contributed by atoms with Crippen molar-refractivity contribution in [3.05, 3.63) is 77.7 Å². The lowest BCUT2D eigenvalue weighted by atomic mass is 9.97. The smallest absolute Gasteiger partial charge is 0.281 e. The highest BCUT2D eigenvalue weighted by Crippen LogP contribution is 2.37. The standard InChI is InChI=1S/C26H29FN4O4S/c1-17-15-26(3,4)31(16-17)24-20(10-8-14-28-24)25(32)30-36(33,34)23-13-7-12-22(29-23)35-18(2)19-9-5-6-11-21(19)27/h5-14,17-18H,15-16H2,1-4H3,(H,30,32). The number of carbonyl (C=O) groups is 1. The Morgan fingerprint density at radius 3 is 2.61 bits per heavy atom. The molecule has 0 aliphatic carbocycles. The maximum Gasteiger partial charge on any atom is 0.281 e. The van der Waals surface area contributed by atoms with Crippen LogP contribution in [0.4, 0.5) is 10.2 Å². The molecule has 8 nitrogen and oxygen atoms in total. The van der Waals surface area contributed by atoms with Crippen molar-refractivity contribution in [1.82, 2.24) is 14.7 Å². The normalized spacial score (nSPS) is 18.0. The third-order valence-electron chi connectivity index (χ3n) is 6.20. The van der Waals surface area contributed by atoms with Crippen molar-refractivity contribution in [3.63, 3.8) is 0 Å². The Balaban J connectivity index is 1.55. The van der Waals surface area contributed by atoms with Crippen molar-refractivity contribution in [2.24, 2.45) is 5.92 Å². The minimum Gasteiger partial charge on any atom is -0.470 e. The Hall–Kier alpha value is -3.53. The minimum absolute atomic E-state index is 0.0176. The lowest BCUT2D eigenvalue weighted by molar-refractivity contribution is 0.0981. The summed E-state index contributed by atoms with van der Waals surface area (Å²) in [6.07, 6.45) is 1.79. The molecule has 1 amide bonds. The molecule has 0 saturated carbocycles. The molecule has 0 spiro atoms. The van der Waals surface area contributed by atoms with E-state index in [-0.39, 0.29) is 17.0 Å². The molecule has 2 unspecified atom stereocenters. The van der Waals surface area contributed by atoms with Crippen LogP contribution in [-0.2, 0) is 10.0 Å². The maximum atomic E-state index is 14.1. The quantitative estimate of drug-likeness (QED) is 0.497. The Morgan fingerprint density at radius 1 is 1.17 bits per heavy atom. The molecule has 2 aromatic heterocycles. The van der Waals surface area contributed by atoms with Crippen LogP contribution in [0.25, 0.3) is 0 Å². The molecule has 1 aliphatic rings. The average molecular weight is 513 g/mol. The number of aromatic nitrogens is 2. The van der Waals surface area contributed by atoms with Crippen molar-refractivity contribution in [3.8, 4) is 5.88 Å². The fourth-order valence-electron chi connectivity index (χ4n) is 4.64. The Morgan fingerprint density at radius 2 is 1.92 bits per heavy atom. The van der Waals surface area contributed by atoms with Crippen molar-refractivity contribution >= 4 is 21.7 Å². The number of nitrogens with zero attached hydrogens (tertiary/aromatic N) is 3. The molecule has 10 heteroatoms. The van der Waals surface area contributed by atoms with E-state index < -0.39 is 32.9 Å². The largest absolute Gasteiger partial charge is 0.470 e. The minimum atomic E-state index is -4.33. The van der Waals surface area contributed by atoms with Crippen molar-refractivity contribution in [2.45, 2.75) is 50.8 Å². The zero-order chi connectivity index (χ0) is 26.1. The summed E-state index contributed by atoms with van der Waals surface area (Å²) in [5.74, 6) is -0.426. The number of pyridine rings is 2. The molecule has 1 aliphatic heterocycles. The molecule has 36 heavy (non-hydrogen) atoms. The predicted molar refractivity (Wildman–Crippen MR) is 134 cm³/mol. The van der Waals surface area contributed by atoms with Crippen LogP contribution in [0.15, 0.2) is 65.8 Å². The number of nitrogens with one attached hydrogen (secondary N) is 1. The summed E-state index contributed by atoms with van der Waals surface area (Å²) in [7, 11) is -4.33. The summed E-state index contributed by atoms with van der Waals surface area (Å²) in [4.78, 5) is 23.6. The molecule has 4 rings (SSSR count). The number of hydrogen-bond acceptors (Lipinski definition) is 7. The number of ether oxygens (including phenoxy) is 1. The van der Waals surface area contributed by atoms with E-state index in [9.17, 15) is 17.6 Å². The molecule has 3 aromatic rings. The van der Waals surface area contributed by atoms with Crippen LogP contribution >= 0.6 is 0 Å². The number of amides is 1. The van der Waals surface area contributed by atoms with Crippen LogP contribution in [0.2, 0.25) is 0 Å². The highest BCUT2D eigenvalue weighted by atomic mass is 32.2. The van der Waals surface area contributed by atoms with Gasteiger partial charge in [-0.25, -0.2) is 14.1 Å². The SMILES string of the molecule is CC1CN(c2ncccc2C(=O)NS(=O)(=O)c2cccc(OC(C)c3ccccc3F)n2)C(C)(C)C1. The molecule has 2 atom stereocenters. The number of rotatable bonds is 7. The van der Waals surface area contributed by atoms with E-state index >= 15 is 0 Å². The first-order valence-electron chi connectivity index (χ1n) is 11.7. The van der Waals surface area contributed by atoms with Gasteiger partial charge in [0.25, 0.3) is 15.9 Å². The first-order valence-corrected chi connectivity index (χ1v) is 13.1. The number of carbonyl (C=O) groups excluding carboxylic acids is 1. The number of sulfonamides is 1. The molecule has 190 valence electrons. The van der Waals surface area contributed by atoms with Gasteiger partial charge in [0.15, 0.2) is 5.03 Å². The number of hydrogen-bond donors (Lipinski definition) is 1. The van der Waals surface area contributed by atoms with Crippen molar-refractivity contribution < 1.29 is 22.3 Å². The molecular weight excluding hydrogens is 483 g/mol. The third-order valence-corrected chi connectivity index (χ3v) is 7.43. The van der Waals surface area contributed by atoms with Crippen LogP contribution in [0.5, 0.6) is 5.88 Å². The molecule has 1 saturated heterocycles. The van der Waals surface area contributed by atoms with Gasteiger partial charge in [0, 0.05) is 29.9 Å². The number of benzene rings is 1. The van der Waals surface area contributed by atoms with Crippen LogP contribution < -0.4 is 14.4 Å². The van der Waals surface area contributed by atoms with Crippen LogP contribution in [0.3, 0.4) is 0 Å². The molecule has 3 heterocycles. The van der Waals surface area contributed by atoms with E-state index in [2.05, 4.69) is 35.5 Å². The van der Waals surface area contributed by atoms with Crippen LogP contribution in [-0.4, -0.2) is 36.4 Å². The van der Waals surface area contributed by atoms with Gasteiger partial charge in [0.05, 0.1) is 5.56 Å². The fourth-order valence-corrected chi connectivity index (χ4v) is 5.57. The Labute approximate surface area is 210 Å². The summed E-state index contributed by atoms with van der Waals surface area (Å²) >= 11 is 0. The van der Waals surface area contributed by atoms with Crippen molar-refractivity contribution in [1.29, 1.82) is 0 Å². The highest BCUT2D eigenvalue weighted by molar-refractivity contribution is 7.90. The summed E-state index contributed by atoms with van der Waals surface area (Å²) in [6, 6.07) is 13.4. The zero-order valence-corrected chi connectivity index (χ0v) is 21.4. The summed E-state index contributed by atoms with van der Waals surface area (Å²) in [5.41, 5.74) is 0.233. The highest BCUT2D eigenvalue weighted by Gasteiger charge is 2.39. The van der Waals surface area contributed by atoms with Gasteiger partial charge in [-0.1, -0.05) is 31.2 Å². The molecule has 0 radical (unpaired) electrons. The van der Waals surface area contributed by atoms with E-state index in [1.807, 2.05) is 4.90 Å². The first-order chi connectivity index (χ1) is 17.0. The Kier molecular flexibility index (Phi) is 6.99. The summed E-state index contributed by atoms with van der Waals surface area (Å²) in [6.45, 7) is 8.61. The van der Waals surface area contributed by atoms with Gasteiger partial charge in [-0.2, -0.15) is 13.4 Å². The maximum absolute atomic E-state index is 14.1. The second-order valence-corrected chi connectivity index (χ2v) is 11.3. The van der Waals surface area contributed by atoms with E-state index in [4.69, 9.17) is 4.74 Å². The van der Waals surface area contributed by atoms with Crippen LogP contribution in [0.1, 0.15) is 56.1 Å². The second-order valence-electron chi connectivity index (χ2n) is 9.64. The molecule has 0 bridgehead atoms. The molecule has 1 aromatic carbocycles. The van der Waals surface area contributed by atoms with Gasteiger partial charge in [-0.3, -0.25) is 4.79 Å². The van der Waals surface area contributed by atoms with E-state index in [0.717, 1.165) is 6.42 Å². The summed E-state index contributed by atoms with van der Waals surface area (Å²) < 4.78 is 48.0. The van der Waals surface area contributed by atoms with E-state index in [0.29, 0.717) is 23.8 Å². The molecule has 1 N–H and O–H groups in total. The van der Waals surface area contributed by atoms with E-state index in [1.165, 1.54) is 24.3 Å². The second kappa shape index (κ2) is 9.85. The van der Waals surface area contributed by atoms with Gasteiger partial charge < -0.3 is 9.64 Å². The Bertz CT molecular complexity index is 1380. The van der Waals surface area contributed by atoms with Gasteiger partial charge in [0.2, 0.25) is 5.88 Å². The summed E-state index contributed by atoms with van der Waals surface area (Å²) in [5, 5.41) is -0.394. The third kappa shape index (κ3) is 5.33. The molecule has 1 fully saturated rings. The predicted octanol–water partition coefficient (Wildman–Crippen LogP) is 4.50. The molecular formula is C26H29FN4O4S. The van der Waals surface area contributed by atoms with Gasteiger partial charge >= 0.3 is 0 Å². The monoisotopic (exact) mass is 512 g/mol. The average Bonchev–Trinajstić information content (AvgIpc) is 3.10. The number of anilines is 1. The number of halogens is 1.